The minimum absolute atomic E-state index is 0.0472. The number of likely N-dealkylation sites (N-methyl/N-ethyl adjacent to an activating group) is 1. The molecule has 3 aromatic heterocycles. The topological polar surface area (TPSA) is 152 Å². The summed E-state index contributed by atoms with van der Waals surface area (Å²) in [5.74, 6) is -2.72. The molecule has 0 spiro atoms. The van der Waals surface area contributed by atoms with E-state index in [4.69, 9.17) is 32.5 Å². The highest BCUT2D eigenvalue weighted by Gasteiger charge is 2.34. The molecule has 46 heavy (non-hydrogen) atoms. The van der Waals surface area contributed by atoms with Crippen molar-refractivity contribution >= 4 is 60.6 Å². The predicted molar refractivity (Wildman–Crippen MR) is 170 cm³/mol. The van der Waals surface area contributed by atoms with E-state index in [-0.39, 0.29) is 66.9 Å². The fourth-order valence-electron chi connectivity index (χ4n) is 5.59. The maximum absolute atomic E-state index is 16.9. The second kappa shape index (κ2) is 12.0. The van der Waals surface area contributed by atoms with E-state index in [0.29, 0.717) is 18.4 Å². The molecule has 0 unspecified atom stereocenters. The lowest BCUT2D eigenvalue weighted by Gasteiger charge is -2.28. The van der Waals surface area contributed by atoms with Crippen molar-refractivity contribution in [1.82, 2.24) is 24.8 Å². The largest absolute Gasteiger partial charge is 0.456 e. The molecular formula is C30H27ClF3N9O2S. The Hall–Kier alpha value is -4.49. The lowest BCUT2D eigenvalue weighted by molar-refractivity contribution is 0.117. The maximum atomic E-state index is 16.9. The number of halogens is 4. The Kier molecular flexibility index (Phi) is 8.23. The van der Waals surface area contributed by atoms with Gasteiger partial charge in [0.25, 0.3) is 0 Å². The van der Waals surface area contributed by atoms with Crippen LogP contribution in [0.1, 0.15) is 24.2 Å². The van der Waals surface area contributed by atoms with Crippen LogP contribution in [0.3, 0.4) is 0 Å². The van der Waals surface area contributed by atoms with Crippen LogP contribution in [-0.4, -0.2) is 71.3 Å². The average Bonchev–Trinajstić information content (AvgIpc) is 3.62. The SMILES string of the molecule is C[C@H](c1nccnc1N)N(C)c1nc(O[C@@H]2COC[C@H]2N(C)C)nc2c(F)c(-c3c(F)cc(F)c4sc(N)c(C#N)c34)c(Cl)cc12. The molecule has 5 aromatic rings. The summed E-state index contributed by atoms with van der Waals surface area (Å²) in [6.07, 6.45) is 2.47. The van der Waals surface area contributed by atoms with Gasteiger partial charge >= 0.3 is 6.01 Å². The van der Waals surface area contributed by atoms with E-state index in [1.165, 1.54) is 18.5 Å². The van der Waals surface area contributed by atoms with Gasteiger partial charge in [-0.2, -0.15) is 15.2 Å². The van der Waals surface area contributed by atoms with Gasteiger partial charge in [0.15, 0.2) is 5.82 Å². The predicted octanol–water partition coefficient (Wildman–Crippen LogP) is 5.31. The number of hydrogen-bond donors (Lipinski definition) is 2. The summed E-state index contributed by atoms with van der Waals surface area (Å²) in [4.78, 5) is 21.2. The van der Waals surface area contributed by atoms with Crippen molar-refractivity contribution in [2.45, 2.75) is 25.1 Å². The average molecular weight is 670 g/mol. The van der Waals surface area contributed by atoms with Crippen molar-refractivity contribution in [3.05, 3.63) is 58.3 Å². The van der Waals surface area contributed by atoms with Gasteiger partial charge in [0, 0.05) is 47.4 Å². The molecule has 4 heterocycles. The molecule has 11 nitrogen and oxygen atoms in total. The van der Waals surface area contributed by atoms with Crippen LogP contribution in [0.5, 0.6) is 6.01 Å². The first-order chi connectivity index (χ1) is 21.9. The second-order valence-corrected chi connectivity index (χ2v) is 12.4. The Morgan fingerprint density at radius 2 is 1.83 bits per heavy atom. The molecule has 3 atom stereocenters. The summed E-state index contributed by atoms with van der Waals surface area (Å²) in [5, 5.41) is 9.48. The number of thiophene rings is 1. The van der Waals surface area contributed by atoms with Crippen LogP contribution in [0, 0.1) is 28.8 Å². The van der Waals surface area contributed by atoms with Gasteiger partial charge in [0.05, 0.1) is 40.6 Å². The highest BCUT2D eigenvalue weighted by atomic mass is 35.5. The maximum Gasteiger partial charge on any atom is 0.319 e. The number of nitriles is 1. The summed E-state index contributed by atoms with van der Waals surface area (Å²) in [6, 6.07) is 3.03. The van der Waals surface area contributed by atoms with Crippen LogP contribution in [0.25, 0.3) is 32.1 Å². The van der Waals surface area contributed by atoms with Gasteiger partial charge in [-0.3, -0.25) is 4.98 Å². The molecule has 1 fully saturated rings. The van der Waals surface area contributed by atoms with Crippen LogP contribution in [0.4, 0.5) is 29.8 Å². The number of hydrogen-bond acceptors (Lipinski definition) is 12. The van der Waals surface area contributed by atoms with Gasteiger partial charge in [-0.25, -0.2) is 18.2 Å². The number of nitrogens with zero attached hydrogens (tertiary/aromatic N) is 7. The molecule has 6 rings (SSSR count). The van der Waals surface area contributed by atoms with Crippen molar-refractivity contribution in [3.63, 3.8) is 0 Å². The number of ether oxygens (including phenoxy) is 2. The van der Waals surface area contributed by atoms with E-state index in [2.05, 4.69) is 19.9 Å². The Balaban J connectivity index is 1.61. The molecule has 1 aliphatic rings. The summed E-state index contributed by atoms with van der Waals surface area (Å²) in [5.41, 5.74) is 11.2. The van der Waals surface area contributed by atoms with E-state index in [9.17, 15) is 9.65 Å². The molecule has 1 saturated heterocycles. The smallest absolute Gasteiger partial charge is 0.319 e. The van der Waals surface area contributed by atoms with E-state index in [0.717, 1.165) is 11.3 Å². The Labute approximate surface area is 270 Å². The van der Waals surface area contributed by atoms with E-state index >= 15 is 8.78 Å². The van der Waals surface area contributed by atoms with Crippen molar-refractivity contribution in [1.29, 1.82) is 5.26 Å². The number of benzene rings is 2. The number of nitrogens with two attached hydrogens (primary N) is 2. The zero-order valence-corrected chi connectivity index (χ0v) is 26.5. The van der Waals surface area contributed by atoms with Gasteiger partial charge in [-0.15, -0.1) is 11.3 Å². The van der Waals surface area contributed by atoms with Crippen molar-refractivity contribution in [2.75, 3.05) is 50.7 Å². The lowest BCUT2D eigenvalue weighted by Crippen LogP contribution is -2.41. The summed E-state index contributed by atoms with van der Waals surface area (Å²) in [6.45, 7) is 2.45. The van der Waals surface area contributed by atoms with Gasteiger partial charge < -0.3 is 30.7 Å². The molecule has 4 N–H and O–H groups in total. The molecule has 0 radical (unpaired) electrons. The van der Waals surface area contributed by atoms with Crippen molar-refractivity contribution < 1.29 is 22.6 Å². The zero-order chi connectivity index (χ0) is 33.0. The van der Waals surface area contributed by atoms with E-state index in [1.54, 1.807) is 11.9 Å². The van der Waals surface area contributed by atoms with Crippen LogP contribution < -0.4 is 21.1 Å². The fraction of sp³-hybridized carbons (Fsp3) is 0.300. The van der Waals surface area contributed by atoms with Crippen LogP contribution in [0.15, 0.2) is 24.5 Å². The molecule has 238 valence electrons. The lowest BCUT2D eigenvalue weighted by atomic mass is 9.96. The normalized spacial score (nSPS) is 17.1. The summed E-state index contributed by atoms with van der Waals surface area (Å²) in [7, 11) is 5.45. The molecule has 0 aliphatic carbocycles. The van der Waals surface area contributed by atoms with Gasteiger partial charge in [0.1, 0.15) is 51.7 Å². The Morgan fingerprint density at radius 3 is 2.52 bits per heavy atom. The monoisotopic (exact) mass is 669 g/mol. The minimum Gasteiger partial charge on any atom is -0.456 e. The summed E-state index contributed by atoms with van der Waals surface area (Å²) >= 11 is 7.46. The van der Waals surface area contributed by atoms with E-state index < -0.39 is 40.7 Å². The fourth-order valence-corrected chi connectivity index (χ4v) is 6.81. The van der Waals surface area contributed by atoms with Gasteiger partial charge in [-0.1, -0.05) is 11.6 Å². The second-order valence-electron chi connectivity index (χ2n) is 11.0. The Bertz CT molecular complexity index is 2060. The number of aromatic nitrogens is 4. The minimum atomic E-state index is -1.13. The third kappa shape index (κ3) is 5.17. The first-order valence-electron chi connectivity index (χ1n) is 13.9. The number of fused-ring (bicyclic) bond motifs is 2. The van der Waals surface area contributed by atoms with Crippen molar-refractivity contribution in [2.24, 2.45) is 0 Å². The Morgan fingerprint density at radius 1 is 1.09 bits per heavy atom. The summed E-state index contributed by atoms with van der Waals surface area (Å²) < 4.78 is 59.1. The van der Waals surface area contributed by atoms with Crippen LogP contribution in [0.2, 0.25) is 5.02 Å². The van der Waals surface area contributed by atoms with Gasteiger partial charge in [0.2, 0.25) is 0 Å². The van der Waals surface area contributed by atoms with Crippen LogP contribution >= 0.6 is 22.9 Å². The molecule has 16 heteroatoms. The van der Waals surface area contributed by atoms with E-state index in [1.807, 2.05) is 32.0 Å². The number of rotatable bonds is 7. The molecule has 0 saturated carbocycles. The zero-order valence-electron chi connectivity index (χ0n) is 25.0. The molecule has 0 bridgehead atoms. The first kappa shape index (κ1) is 31.5. The first-order valence-corrected chi connectivity index (χ1v) is 15.1. The number of anilines is 3. The molecule has 1 aliphatic heterocycles. The highest BCUT2D eigenvalue weighted by molar-refractivity contribution is 7.23. The highest BCUT2D eigenvalue weighted by Crippen LogP contribution is 2.47. The third-order valence-corrected chi connectivity index (χ3v) is 9.41. The standard InChI is InChI=1S/C30H27ClF3N9O2S/c1-12(24-27(36)39-6-5-38-24)43(4)29-13-7-15(31)21(22-16(32)8-17(33)26-20(22)14(9-35)28(37)46-26)23(34)25(13)40-30(41-29)45-19-11-44-10-18(19)42(2)3/h5-8,12,18-19H,10-11,37H2,1-4H3,(H2,36,39)/t12-,18-,19-/m1/s1. The van der Waals surface area contributed by atoms with Crippen molar-refractivity contribution in [3.8, 4) is 23.2 Å². The molecule has 2 aromatic carbocycles. The quantitative estimate of drug-likeness (QED) is 0.232. The molecule has 0 amide bonds. The number of nitrogen functional groups attached to an aromatic ring is 2. The van der Waals surface area contributed by atoms with Crippen LogP contribution in [-0.2, 0) is 4.74 Å². The third-order valence-electron chi connectivity index (χ3n) is 8.09. The molecular weight excluding hydrogens is 643 g/mol. The van der Waals surface area contributed by atoms with Gasteiger partial charge in [-0.05, 0) is 27.1 Å².